The summed E-state index contributed by atoms with van der Waals surface area (Å²) in [6, 6.07) is 10.4. The summed E-state index contributed by atoms with van der Waals surface area (Å²) in [5, 5.41) is 3.29. The lowest BCUT2D eigenvalue weighted by atomic mass is 10.1. The average molecular weight is 221 g/mol. The Balaban J connectivity index is 2.26. The molecular formula is C13H19NO2. The van der Waals surface area contributed by atoms with Crippen LogP contribution in [0.4, 0.5) is 0 Å². The molecule has 0 aliphatic heterocycles. The van der Waals surface area contributed by atoms with Crippen LogP contribution in [-0.2, 0) is 9.53 Å². The first kappa shape index (κ1) is 12.7. The van der Waals surface area contributed by atoms with E-state index in [1.54, 1.807) is 0 Å². The monoisotopic (exact) mass is 221 g/mol. The summed E-state index contributed by atoms with van der Waals surface area (Å²) in [7, 11) is 0. The maximum Gasteiger partial charge on any atom is 0.307 e. The average Bonchev–Trinajstić information content (AvgIpc) is 2.30. The molecule has 0 bridgehead atoms. The smallest absolute Gasteiger partial charge is 0.307 e. The first-order valence-electron chi connectivity index (χ1n) is 5.68. The van der Waals surface area contributed by atoms with Crippen molar-refractivity contribution in [3.05, 3.63) is 35.9 Å². The van der Waals surface area contributed by atoms with Crippen molar-refractivity contribution in [2.45, 2.75) is 26.3 Å². The van der Waals surface area contributed by atoms with Gasteiger partial charge < -0.3 is 10.1 Å². The fraction of sp³-hybridized carbons (Fsp3) is 0.462. The Bertz CT molecular complexity index is 311. The summed E-state index contributed by atoms with van der Waals surface area (Å²) < 4.78 is 4.85. The Labute approximate surface area is 96.8 Å². The molecule has 0 fully saturated rings. The molecule has 0 spiro atoms. The van der Waals surface area contributed by atoms with Crippen LogP contribution in [0.3, 0.4) is 0 Å². The van der Waals surface area contributed by atoms with Crippen LogP contribution in [-0.4, -0.2) is 19.1 Å². The molecule has 0 aliphatic carbocycles. The molecule has 0 aliphatic rings. The van der Waals surface area contributed by atoms with E-state index in [1.165, 1.54) is 5.56 Å². The fourth-order valence-corrected chi connectivity index (χ4v) is 1.48. The Morgan fingerprint density at radius 3 is 2.69 bits per heavy atom. The van der Waals surface area contributed by atoms with Crippen molar-refractivity contribution in [2.24, 2.45) is 0 Å². The van der Waals surface area contributed by atoms with Crippen molar-refractivity contribution < 1.29 is 9.53 Å². The standard InChI is InChI=1S/C13H19NO2/c1-3-16-13(15)9-10-14-11(2)12-7-5-4-6-8-12/h4-8,11,14H,3,9-10H2,1-2H3/t11-/m1/s1. The Morgan fingerprint density at radius 1 is 1.38 bits per heavy atom. The molecule has 16 heavy (non-hydrogen) atoms. The zero-order chi connectivity index (χ0) is 11.8. The molecule has 1 rings (SSSR count). The van der Waals surface area contributed by atoms with Gasteiger partial charge in [-0.2, -0.15) is 0 Å². The normalized spacial score (nSPS) is 12.1. The second-order valence-corrected chi connectivity index (χ2v) is 3.64. The largest absolute Gasteiger partial charge is 0.466 e. The van der Waals surface area contributed by atoms with Crippen LogP contribution >= 0.6 is 0 Å². The number of carbonyl (C=O) groups excluding carboxylic acids is 1. The van der Waals surface area contributed by atoms with Crippen molar-refractivity contribution in [2.75, 3.05) is 13.2 Å². The number of ether oxygens (including phenoxy) is 1. The van der Waals surface area contributed by atoms with Crippen LogP contribution in [0, 0.1) is 0 Å². The molecule has 0 heterocycles. The summed E-state index contributed by atoms with van der Waals surface area (Å²) in [4.78, 5) is 11.1. The highest BCUT2D eigenvalue weighted by Gasteiger charge is 2.05. The van der Waals surface area contributed by atoms with Crippen LogP contribution in [0.1, 0.15) is 31.9 Å². The highest BCUT2D eigenvalue weighted by atomic mass is 16.5. The van der Waals surface area contributed by atoms with Gasteiger partial charge in [0.15, 0.2) is 0 Å². The van der Waals surface area contributed by atoms with E-state index in [1.807, 2.05) is 25.1 Å². The number of benzene rings is 1. The second-order valence-electron chi connectivity index (χ2n) is 3.64. The molecule has 0 saturated carbocycles. The second kappa shape index (κ2) is 7.01. The lowest BCUT2D eigenvalue weighted by Crippen LogP contribution is -2.22. The molecule has 1 aromatic carbocycles. The van der Waals surface area contributed by atoms with Gasteiger partial charge in [0.1, 0.15) is 0 Å². The van der Waals surface area contributed by atoms with Crippen molar-refractivity contribution in [1.29, 1.82) is 0 Å². The number of rotatable bonds is 6. The van der Waals surface area contributed by atoms with Gasteiger partial charge in [0.25, 0.3) is 0 Å². The van der Waals surface area contributed by atoms with E-state index in [0.717, 1.165) is 0 Å². The molecule has 3 heteroatoms. The van der Waals surface area contributed by atoms with E-state index in [0.29, 0.717) is 19.6 Å². The number of hydrogen-bond donors (Lipinski definition) is 1. The summed E-state index contributed by atoms with van der Waals surface area (Å²) >= 11 is 0. The summed E-state index contributed by atoms with van der Waals surface area (Å²) in [6.07, 6.45) is 0.422. The quantitative estimate of drug-likeness (QED) is 0.749. The highest BCUT2D eigenvalue weighted by molar-refractivity contribution is 5.69. The molecular weight excluding hydrogens is 202 g/mol. The summed E-state index contributed by atoms with van der Waals surface area (Å²) in [5.41, 5.74) is 1.23. The molecule has 1 atom stereocenters. The van der Waals surface area contributed by atoms with Crippen LogP contribution < -0.4 is 5.32 Å². The minimum Gasteiger partial charge on any atom is -0.466 e. The third-order valence-electron chi connectivity index (χ3n) is 2.38. The minimum atomic E-state index is -0.143. The topological polar surface area (TPSA) is 38.3 Å². The van der Waals surface area contributed by atoms with Crippen molar-refractivity contribution in [3.63, 3.8) is 0 Å². The summed E-state index contributed by atoms with van der Waals surface area (Å²) in [6.45, 7) is 5.00. The predicted molar refractivity (Wildman–Crippen MR) is 64.1 cm³/mol. The molecule has 0 saturated heterocycles. The molecule has 0 radical (unpaired) electrons. The van der Waals surface area contributed by atoms with E-state index in [2.05, 4.69) is 24.4 Å². The van der Waals surface area contributed by atoms with Crippen molar-refractivity contribution in [3.8, 4) is 0 Å². The van der Waals surface area contributed by atoms with E-state index in [9.17, 15) is 4.79 Å². The number of nitrogens with one attached hydrogen (secondary N) is 1. The van der Waals surface area contributed by atoms with E-state index < -0.39 is 0 Å². The van der Waals surface area contributed by atoms with Gasteiger partial charge in [-0.05, 0) is 19.4 Å². The maximum atomic E-state index is 11.1. The molecule has 1 aromatic rings. The first-order valence-corrected chi connectivity index (χ1v) is 5.68. The van der Waals surface area contributed by atoms with E-state index in [4.69, 9.17) is 4.74 Å². The SMILES string of the molecule is CCOC(=O)CCN[C@H](C)c1ccccc1. The van der Waals surface area contributed by atoms with Gasteiger partial charge >= 0.3 is 5.97 Å². The minimum absolute atomic E-state index is 0.143. The first-order chi connectivity index (χ1) is 7.74. The van der Waals surface area contributed by atoms with Crippen molar-refractivity contribution in [1.82, 2.24) is 5.32 Å². The molecule has 1 N–H and O–H groups in total. The Morgan fingerprint density at radius 2 is 2.06 bits per heavy atom. The van der Waals surface area contributed by atoms with Crippen LogP contribution in [0.2, 0.25) is 0 Å². The van der Waals surface area contributed by atoms with Gasteiger partial charge in [-0.25, -0.2) is 0 Å². The van der Waals surface area contributed by atoms with Gasteiger partial charge in [-0.3, -0.25) is 4.79 Å². The van der Waals surface area contributed by atoms with Crippen LogP contribution in [0.5, 0.6) is 0 Å². The van der Waals surface area contributed by atoms with Gasteiger partial charge in [-0.15, -0.1) is 0 Å². The number of hydrogen-bond acceptors (Lipinski definition) is 3. The van der Waals surface area contributed by atoms with Crippen molar-refractivity contribution >= 4 is 5.97 Å². The third kappa shape index (κ3) is 4.45. The van der Waals surface area contributed by atoms with Crippen LogP contribution in [0.15, 0.2) is 30.3 Å². The third-order valence-corrected chi connectivity index (χ3v) is 2.38. The lowest BCUT2D eigenvalue weighted by molar-refractivity contribution is -0.143. The zero-order valence-corrected chi connectivity index (χ0v) is 9.90. The predicted octanol–water partition coefficient (Wildman–Crippen LogP) is 2.29. The van der Waals surface area contributed by atoms with Gasteiger partial charge in [-0.1, -0.05) is 30.3 Å². The summed E-state index contributed by atoms with van der Waals surface area (Å²) in [5.74, 6) is -0.143. The zero-order valence-electron chi connectivity index (χ0n) is 9.90. The van der Waals surface area contributed by atoms with E-state index in [-0.39, 0.29) is 12.0 Å². The van der Waals surface area contributed by atoms with Gasteiger partial charge in [0, 0.05) is 12.6 Å². The molecule has 88 valence electrons. The number of carbonyl (C=O) groups is 1. The molecule has 0 amide bonds. The lowest BCUT2D eigenvalue weighted by Gasteiger charge is -2.13. The fourth-order valence-electron chi connectivity index (χ4n) is 1.48. The highest BCUT2D eigenvalue weighted by Crippen LogP contribution is 2.10. The molecule has 0 unspecified atom stereocenters. The Hall–Kier alpha value is -1.35. The van der Waals surface area contributed by atoms with Crippen LogP contribution in [0.25, 0.3) is 0 Å². The molecule has 0 aromatic heterocycles. The number of esters is 1. The van der Waals surface area contributed by atoms with Gasteiger partial charge in [0.05, 0.1) is 13.0 Å². The molecule has 3 nitrogen and oxygen atoms in total. The van der Waals surface area contributed by atoms with Gasteiger partial charge in [0.2, 0.25) is 0 Å². The van der Waals surface area contributed by atoms with E-state index >= 15 is 0 Å². The Kier molecular flexibility index (Phi) is 5.57. The maximum absolute atomic E-state index is 11.1.